The summed E-state index contributed by atoms with van der Waals surface area (Å²) in [6.07, 6.45) is -1.27. The lowest BCUT2D eigenvalue weighted by molar-refractivity contribution is 0.0704. The van der Waals surface area contributed by atoms with Crippen LogP contribution in [0.15, 0.2) is 66.7 Å². The zero-order valence-corrected chi connectivity index (χ0v) is 15.8. The topological polar surface area (TPSA) is 119 Å². The number of carbonyl (C=O) groups is 2. The summed E-state index contributed by atoms with van der Waals surface area (Å²) in [6.45, 7) is 0. The molecule has 9 heteroatoms. The van der Waals surface area contributed by atoms with Gasteiger partial charge < -0.3 is 15.2 Å². The van der Waals surface area contributed by atoms with Gasteiger partial charge in [-0.3, -0.25) is 15.0 Å². The molecule has 2 heterocycles. The van der Waals surface area contributed by atoms with Crippen molar-refractivity contribution in [2.45, 2.75) is 5.72 Å². The maximum Gasteiger partial charge on any atom is 0.411 e. The molecule has 2 amide bonds. The van der Waals surface area contributed by atoms with Crippen LogP contribution in [0.2, 0.25) is 0 Å². The first-order valence-corrected chi connectivity index (χ1v) is 9.30. The Hall–Kier alpha value is -4.24. The van der Waals surface area contributed by atoms with Gasteiger partial charge in [0.15, 0.2) is 5.72 Å². The van der Waals surface area contributed by atoms with E-state index >= 15 is 0 Å². The van der Waals surface area contributed by atoms with Crippen LogP contribution in [0, 0.1) is 5.82 Å². The Kier molecular flexibility index (Phi) is 4.02. The summed E-state index contributed by atoms with van der Waals surface area (Å²) in [5.41, 5.74) is 0.453. The Balaban J connectivity index is 1.70. The molecule has 4 aromatic rings. The number of carbonyl (C=O) groups excluding carboxylic acids is 1. The fourth-order valence-corrected chi connectivity index (χ4v) is 3.93. The number of rotatable bonds is 3. The second kappa shape index (κ2) is 6.64. The molecule has 4 N–H and O–H groups in total. The van der Waals surface area contributed by atoms with Crippen molar-refractivity contribution in [2.75, 3.05) is 10.2 Å². The Morgan fingerprint density at radius 3 is 2.58 bits per heavy atom. The van der Waals surface area contributed by atoms with Crippen molar-refractivity contribution in [3.05, 3.63) is 89.2 Å². The molecule has 1 unspecified atom stereocenters. The number of nitrogens with one attached hydrogen (secondary N) is 2. The van der Waals surface area contributed by atoms with Crippen molar-refractivity contribution >= 4 is 34.7 Å². The summed E-state index contributed by atoms with van der Waals surface area (Å²) >= 11 is 0. The van der Waals surface area contributed by atoms with E-state index in [1.54, 1.807) is 42.5 Å². The zero-order valence-electron chi connectivity index (χ0n) is 15.8. The number of aromatic nitrogens is 2. The number of aromatic amines is 1. The fourth-order valence-electron chi connectivity index (χ4n) is 3.93. The number of hydrogen-bond donors (Lipinski definition) is 4. The van der Waals surface area contributed by atoms with E-state index in [9.17, 15) is 19.1 Å². The number of hydrogen-bond acceptors (Lipinski definition) is 4. The van der Waals surface area contributed by atoms with Crippen molar-refractivity contribution in [2.24, 2.45) is 0 Å². The molecular formula is C22H15FN4O4. The van der Waals surface area contributed by atoms with E-state index in [0.717, 1.165) is 0 Å². The number of benzene rings is 3. The largest absolute Gasteiger partial charge is 0.465 e. The van der Waals surface area contributed by atoms with Crippen molar-refractivity contribution in [3.63, 3.8) is 0 Å². The van der Waals surface area contributed by atoms with E-state index in [-0.39, 0.29) is 5.95 Å². The Bertz CT molecular complexity index is 1350. The van der Waals surface area contributed by atoms with E-state index in [1.165, 1.54) is 29.2 Å². The number of fused-ring (bicyclic) bond motifs is 2. The first-order chi connectivity index (χ1) is 14.9. The third kappa shape index (κ3) is 2.82. The summed E-state index contributed by atoms with van der Waals surface area (Å²) in [7, 11) is 0. The molecule has 1 aliphatic rings. The highest BCUT2D eigenvalue weighted by atomic mass is 19.1. The van der Waals surface area contributed by atoms with Gasteiger partial charge in [-0.15, -0.1) is 0 Å². The summed E-state index contributed by atoms with van der Waals surface area (Å²) in [5, 5.41) is 23.0. The number of halogens is 1. The van der Waals surface area contributed by atoms with Gasteiger partial charge in [-0.05, 0) is 42.5 Å². The molecule has 0 bridgehead atoms. The van der Waals surface area contributed by atoms with Crippen LogP contribution in [0.3, 0.4) is 0 Å². The lowest BCUT2D eigenvalue weighted by Gasteiger charge is -2.34. The van der Waals surface area contributed by atoms with E-state index in [2.05, 4.69) is 15.3 Å². The summed E-state index contributed by atoms with van der Waals surface area (Å²) in [6, 6.07) is 16.8. The predicted molar refractivity (Wildman–Crippen MR) is 110 cm³/mol. The van der Waals surface area contributed by atoms with Gasteiger partial charge in [-0.1, -0.05) is 24.3 Å². The number of H-pyrrole nitrogens is 1. The van der Waals surface area contributed by atoms with E-state index in [1.807, 2.05) is 0 Å². The molecule has 31 heavy (non-hydrogen) atoms. The van der Waals surface area contributed by atoms with Crippen LogP contribution in [0.25, 0.3) is 11.0 Å². The minimum Gasteiger partial charge on any atom is -0.465 e. The van der Waals surface area contributed by atoms with Gasteiger partial charge >= 0.3 is 6.09 Å². The van der Waals surface area contributed by atoms with Gasteiger partial charge in [0, 0.05) is 22.4 Å². The Morgan fingerprint density at radius 1 is 1.10 bits per heavy atom. The normalized spacial score (nSPS) is 17.7. The maximum atomic E-state index is 13.5. The van der Waals surface area contributed by atoms with Crippen LogP contribution in [0.1, 0.15) is 21.5 Å². The van der Waals surface area contributed by atoms with Crippen LogP contribution < -0.4 is 10.2 Å². The van der Waals surface area contributed by atoms with Crippen LogP contribution in [0.4, 0.5) is 20.8 Å². The Labute approximate surface area is 174 Å². The van der Waals surface area contributed by atoms with Gasteiger partial charge in [-0.2, -0.15) is 0 Å². The standard InChI is InChI=1S/C22H15FN4O4/c23-13-6-8-14(9-7-13)27-19(28)15-3-1-2-4-16(15)22(27,31)12-5-10-17-18(11-12)25-20(24-17)26-21(29)30/h1-11,31H,(H,29,30)(H2,24,25,26). The van der Waals surface area contributed by atoms with Crippen LogP contribution in [-0.2, 0) is 5.72 Å². The van der Waals surface area contributed by atoms with Crippen molar-refractivity contribution in [1.29, 1.82) is 0 Å². The zero-order chi connectivity index (χ0) is 21.8. The monoisotopic (exact) mass is 418 g/mol. The first kappa shape index (κ1) is 18.8. The molecule has 1 atom stereocenters. The van der Waals surface area contributed by atoms with Gasteiger partial charge in [0.2, 0.25) is 5.95 Å². The number of anilines is 2. The number of carboxylic acid groups (broad SMARTS) is 1. The summed E-state index contributed by atoms with van der Waals surface area (Å²) in [5.74, 6) is -0.860. The molecule has 0 aliphatic carbocycles. The first-order valence-electron chi connectivity index (χ1n) is 9.30. The lowest BCUT2D eigenvalue weighted by atomic mass is 9.93. The minimum absolute atomic E-state index is 0.0323. The van der Waals surface area contributed by atoms with Crippen molar-refractivity contribution in [3.8, 4) is 0 Å². The molecule has 0 spiro atoms. The molecule has 154 valence electrons. The number of amides is 2. The molecule has 3 aromatic carbocycles. The van der Waals surface area contributed by atoms with Crippen LogP contribution in [0.5, 0.6) is 0 Å². The van der Waals surface area contributed by atoms with Gasteiger partial charge in [0.25, 0.3) is 5.91 Å². The predicted octanol–water partition coefficient (Wildman–Crippen LogP) is 3.65. The molecule has 5 rings (SSSR count). The number of nitrogens with zero attached hydrogens (tertiary/aromatic N) is 2. The van der Waals surface area contributed by atoms with Gasteiger partial charge in [0.1, 0.15) is 5.82 Å². The average Bonchev–Trinajstić information content (AvgIpc) is 3.25. The summed E-state index contributed by atoms with van der Waals surface area (Å²) < 4.78 is 13.5. The number of aliphatic hydroxyl groups is 1. The third-order valence-corrected chi connectivity index (χ3v) is 5.25. The molecular weight excluding hydrogens is 403 g/mol. The van der Waals surface area contributed by atoms with Crippen LogP contribution >= 0.6 is 0 Å². The highest BCUT2D eigenvalue weighted by Crippen LogP contribution is 2.45. The quantitative estimate of drug-likeness (QED) is 0.405. The van der Waals surface area contributed by atoms with Gasteiger partial charge in [0.05, 0.1) is 11.0 Å². The second-order valence-electron chi connectivity index (χ2n) is 7.08. The van der Waals surface area contributed by atoms with E-state index < -0.39 is 23.5 Å². The smallest absolute Gasteiger partial charge is 0.411 e. The molecule has 1 aromatic heterocycles. The average molecular weight is 418 g/mol. The molecule has 0 radical (unpaired) electrons. The minimum atomic E-state index is -1.87. The highest BCUT2D eigenvalue weighted by molar-refractivity contribution is 6.12. The third-order valence-electron chi connectivity index (χ3n) is 5.25. The maximum absolute atomic E-state index is 13.5. The number of imidazole rings is 1. The van der Waals surface area contributed by atoms with Crippen LogP contribution in [-0.4, -0.2) is 32.2 Å². The van der Waals surface area contributed by atoms with E-state index in [0.29, 0.717) is 33.4 Å². The molecule has 1 aliphatic heterocycles. The lowest BCUT2D eigenvalue weighted by Crippen LogP contribution is -2.45. The fraction of sp³-hybridized carbons (Fsp3) is 0.0455. The molecule has 8 nitrogen and oxygen atoms in total. The SMILES string of the molecule is O=C(O)Nc1nc2ccc(C3(O)c4ccccc4C(=O)N3c3ccc(F)cc3)cc2[nH]1. The summed E-state index contributed by atoms with van der Waals surface area (Å²) in [4.78, 5) is 32.3. The van der Waals surface area contributed by atoms with Crippen molar-refractivity contribution in [1.82, 2.24) is 9.97 Å². The molecule has 0 saturated heterocycles. The second-order valence-corrected chi connectivity index (χ2v) is 7.08. The van der Waals surface area contributed by atoms with Crippen molar-refractivity contribution < 1.29 is 24.2 Å². The van der Waals surface area contributed by atoms with Gasteiger partial charge in [-0.25, -0.2) is 14.2 Å². The Morgan fingerprint density at radius 2 is 1.84 bits per heavy atom. The molecule has 0 saturated carbocycles. The highest BCUT2D eigenvalue weighted by Gasteiger charge is 2.50. The van der Waals surface area contributed by atoms with E-state index in [4.69, 9.17) is 5.11 Å². The molecule has 0 fully saturated rings.